The summed E-state index contributed by atoms with van der Waals surface area (Å²) >= 11 is 0. The van der Waals surface area contributed by atoms with Crippen molar-refractivity contribution < 1.29 is 8.78 Å². The summed E-state index contributed by atoms with van der Waals surface area (Å²) in [6.07, 6.45) is 1.22. The highest BCUT2D eigenvalue weighted by Gasteiger charge is 2.19. The number of hydrogen-bond donors (Lipinski definition) is 1. The fourth-order valence-electron chi connectivity index (χ4n) is 2.11. The zero-order chi connectivity index (χ0) is 10.4. The molecule has 84 valence electrons. The second kappa shape index (κ2) is 6.30. The van der Waals surface area contributed by atoms with Gasteiger partial charge in [0.25, 0.3) is 0 Å². The van der Waals surface area contributed by atoms with Gasteiger partial charge in [-0.05, 0) is 38.3 Å². The molecule has 0 aromatic rings. The zero-order valence-corrected chi connectivity index (χ0v) is 8.59. The predicted octanol–water partition coefficient (Wildman–Crippen LogP) is 1.70. The van der Waals surface area contributed by atoms with E-state index in [1.54, 1.807) is 0 Å². The van der Waals surface area contributed by atoms with Crippen molar-refractivity contribution >= 4 is 0 Å². The van der Waals surface area contributed by atoms with Crippen LogP contribution >= 0.6 is 0 Å². The Hall–Kier alpha value is -0.220. The first kappa shape index (κ1) is 11.9. The lowest BCUT2D eigenvalue weighted by molar-refractivity contribution is 0.0983. The van der Waals surface area contributed by atoms with Crippen molar-refractivity contribution in [3.63, 3.8) is 0 Å². The maximum absolute atomic E-state index is 12.0. The molecule has 14 heavy (non-hydrogen) atoms. The molecule has 2 nitrogen and oxygen atoms in total. The van der Waals surface area contributed by atoms with Gasteiger partial charge in [-0.15, -0.1) is 0 Å². The maximum Gasteiger partial charge on any atom is 0.239 e. The molecule has 1 heterocycles. The topological polar surface area (TPSA) is 29.3 Å². The molecule has 0 bridgehead atoms. The Morgan fingerprint density at radius 1 is 1.43 bits per heavy atom. The van der Waals surface area contributed by atoms with E-state index < -0.39 is 6.43 Å². The Balaban J connectivity index is 2.18. The van der Waals surface area contributed by atoms with E-state index in [-0.39, 0.29) is 6.42 Å². The van der Waals surface area contributed by atoms with Gasteiger partial charge in [-0.2, -0.15) is 0 Å². The van der Waals surface area contributed by atoms with Crippen LogP contribution in [-0.2, 0) is 0 Å². The Labute approximate surface area is 84.4 Å². The number of nitrogens with zero attached hydrogens (tertiary/aromatic N) is 1. The van der Waals surface area contributed by atoms with Gasteiger partial charge in [-0.3, -0.25) is 0 Å². The highest BCUT2D eigenvalue weighted by atomic mass is 19.3. The van der Waals surface area contributed by atoms with Crippen LogP contribution in [0.25, 0.3) is 0 Å². The molecule has 1 atom stereocenters. The van der Waals surface area contributed by atoms with Crippen molar-refractivity contribution in [2.45, 2.75) is 32.1 Å². The molecule has 1 unspecified atom stereocenters. The normalized spacial score (nSPS) is 24.4. The molecule has 0 amide bonds. The monoisotopic (exact) mass is 206 g/mol. The highest BCUT2D eigenvalue weighted by molar-refractivity contribution is 4.73. The van der Waals surface area contributed by atoms with E-state index in [0.29, 0.717) is 19.0 Å². The highest BCUT2D eigenvalue weighted by Crippen LogP contribution is 2.19. The summed E-state index contributed by atoms with van der Waals surface area (Å²) in [6.45, 7) is 3.20. The Morgan fingerprint density at radius 3 is 2.86 bits per heavy atom. The molecule has 1 rings (SSSR count). The number of alkyl halides is 2. The van der Waals surface area contributed by atoms with Gasteiger partial charge in [0.15, 0.2) is 0 Å². The second-order valence-corrected chi connectivity index (χ2v) is 4.07. The van der Waals surface area contributed by atoms with E-state index in [9.17, 15) is 8.78 Å². The van der Waals surface area contributed by atoms with Crippen LogP contribution < -0.4 is 5.73 Å². The van der Waals surface area contributed by atoms with E-state index in [2.05, 4.69) is 4.90 Å². The van der Waals surface area contributed by atoms with Crippen molar-refractivity contribution in [1.82, 2.24) is 4.90 Å². The van der Waals surface area contributed by atoms with Gasteiger partial charge in [0.1, 0.15) is 0 Å². The van der Waals surface area contributed by atoms with Gasteiger partial charge in [0, 0.05) is 19.5 Å². The Kier molecular flexibility index (Phi) is 5.33. The fourth-order valence-corrected chi connectivity index (χ4v) is 2.11. The van der Waals surface area contributed by atoms with Crippen LogP contribution in [0.15, 0.2) is 0 Å². The molecule has 1 fully saturated rings. The summed E-state index contributed by atoms with van der Waals surface area (Å²) in [7, 11) is 0. The smallest absolute Gasteiger partial charge is 0.239 e. The number of rotatable bonds is 5. The summed E-state index contributed by atoms with van der Waals surface area (Å²) in [4.78, 5) is 2.15. The summed E-state index contributed by atoms with van der Waals surface area (Å²) < 4.78 is 24.0. The third kappa shape index (κ3) is 4.33. The van der Waals surface area contributed by atoms with Crippen molar-refractivity contribution in [2.24, 2.45) is 11.7 Å². The molecule has 0 aromatic heterocycles. The van der Waals surface area contributed by atoms with Gasteiger partial charge in [0.05, 0.1) is 0 Å². The molecule has 0 saturated carbocycles. The van der Waals surface area contributed by atoms with E-state index >= 15 is 0 Å². The molecule has 0 radical (unpaired) electrons. The van der Waals surface area contributed by atoms with Gasteiger partial charge in [0.2, 0.25) is 6.43 Å². The van der Waals surface area contributed by atoms with E-state index in [1.165, 1.54) is 6.42 Å². The van der Waals surface area contributed by atoms with Crippen molar-refractivity contribution in [1.29, 1.82) is 0 Å². The number of piperidine rings is 1. The van der Waals surface area contributed by atoms with E-state index in [1.807, 2.05) is 0 Å². The summed E-state index contributed by atoms with van der Waals surface area (Å²) in [5, 5.41) is 0. The minimum absolute atomic E-state index is 0.00927. The lowest BCUT2D eigenvalue weighted by atomic mass is 9.95. The van der Waals surface area contributed by atoms with Crippen LogP contribution in [0.2, 0.25) is 0 Å². The van der Waals surface area contributed by atoms with E-state index in [0.717, 1.165) is 25.9 Å². The molecule has 4 heteroatoms. The third-order valence-electron chi connectivity index (χ3n) is 2.84. The zero-order valence-electron chi connectivity index (χ0n) is 8.59. The molecule has 1 saturated heterocycles. The molecule has 0 aliphatic carbocycles. The van der Waals surface area contributed by atoms with Crippen LogP contribution in [0.5, 0.6) is 0 Å². The van der Waals surface area contributed by atoms with Crippen LogP contribution in [0.4, 0.5) is 8.78 Å². The summed E-state index contributed by atoms with van der Waals surface area (Å²) in [6, 6.07) is 0. The summed E-state index contributed by atoms with van der Waals surface area (Å²) in [5.41, 5.74) is 5.49. The quantitative estimate of drug-likeness (QED) is 0.742. The van der Waals surface area contributed by atoms with Gasteiger partial charge < -0.3 is 10.6 Å². The van der Waals surface area contributed by atoms with E-state index in [4.69, 9.17) is 5.73 Å². The average molecular weight is 206 g/mol. The SMILES string of the molecule is NCCC1CCCN(CCC(F)F)C1. The van der Waals surface area contributed by atoms with Crippen LogP contribution in [-0.4, -0.2) is 37.5 Å². The lowest BCUT2D eigenvalue weighted by Crippen LogP contribution is -2.37. The molecule has 1 aliphatic heterocycles. The van der Waals surface area contributed by atoms with Gasteiger partial charge in [-0.25, -0.2) is 8.78 Å². The summed E-state index contributed by atoms with van der Waals surface area (Å²) in [5.74, 6) is 0.631. The second-order valence-electron chi connectivity index (χ2n) is 4.07. The van der Waals surface area contributed by atoms with Gasteiger partial charge in [-0.1, -0.05) is 0 Å². The molecule has 0 aromatic carbocycles. The Bertz CT molecular complexity index is 151. The minimum Gasteiger partial charge on any atom is -0.330 e. The number of nitrogens with two attached hydrogens (primary N) is 1. The number of likely N-dealkylation sites (tertiary alicyclic amines) is 1. The van der Waals surface area contributed by atoms with Gasteiger partial charge >= 0.3 is 0 Å². The molecule has 2 N–H and O–H groups in total. The number of halogens is 2. The largest absolute Gasteiger partial charge is 0.330 e. The Morgan fingerprint density at radius 2 is 2.21 bits per heavy atom. The van der Waals surface area contributed by atoms with Crippen molar-refractivity contribution in [3.8, 4) is 0 Å². The average Bonchev–Trinajstić information content (AvgIpc) is 2.16. The van der Waals surface area contributed by atoms with Crippen molar-refractivity contribution in [3.05, 3.63) is 0 Å². The van der Waals surface area contributed by atoms with Crippen molar-refractivity contribution in [2.75, 3.05) is 26.2 Å². The molecular weight excluding hydrogens is 186 g/mol. The molecule has 0 spiro atoms. The van der Waals surface area contributed by atoms with Crippen LogP contribution in [0.3, 0.4) is 0 Å². The third-order valence-corrected chi connectivity index (χ3v) is 2.84. The van der Waals surface area contributed by atoms with Crippen LogP contribution in [0.1, 0.15) is 25.7 Å². The standard InChI is InChI=1S/C10H20F2N2/c11-10(12)4-7-14-6-1-2-9(8-14)3-5-13/h9-10H,1-8,13H2. The maximum atomic E-state index is 12.0. The molecule has 1 aliphatic rings. The minimum atomic E-state index is -2.16. The first-order chi connectivity index (χ1) is 6.72. The van der Waals surface area contributed by atoms with Crippen LogP contribution in [0, 0.1) is 5.92 Å². The predicted molar refractivity (Wildman–Crippen MR) is 53.5 cm³/mol. The first-order valence-electron chi connectivity index (χ1n) is 5.43. The molecular formula is C10H20F2N2. The fraction of sp³-hybridized carbons (Fsp3) is 1.00. The lowest BCUT2D eigenvalue weighted by Gasteiger charge is -2.32. The first-order valence-corrected chi connectivity index (χ1v) is 5.43. The number of hydrogen-bond acceptors (Lipinski definition) is 2.